The van der Waals surface area contributed by atoms with Gasteiger partial charge < -0.3 is 15.5 Å². The monoisotopic (exact) mass is 294 g/mol. The van der Waals surface area contributed by atoms with Gasteiger partial charge >= 0.3 is 0 Å². The van der Waals surface area contributed by atoms with Crippen LogP contribution in [0, 0.1) is 11.3 Å². The summed E-state index contributed by atoms with van der Waals surface area (Å²) in [6.45, 7) is 3.30. The third-order valence-corrected chi connectivity index (χ3v) is 4.36. The summed E-state index contributed by atoms with van der Waals surface area (Å²) in [6, 6.07) is 5.68. The van der Waals surface area contributed by atoms with Gasteiger partial charge in [0.2, 0.25) is 0 Å². The quantitative estimate of drug-likeness (QED) is 0.662. The van der Waals surface area contributed by atoms with Crippen LogP contribution in [0.2, 0.25) is 5.02 Å². The number of amidine groups is 1. The van der Waals surface area contributed by atoms with E-state index in [-0.39, 0.29) is 5.84 Å². The third-order valence-electron chi connectivity index (χ3n) is 4.04. The maximum absolute atomic E-state index is 7.72. The highest BCUT2D eigenvalue weighted by Crippen LogP contribution is 2.28. The zero-order chi connectivity index (χ0) is 14.7. The Morgan fingerprint density at radius 3 is 2.70 bits per heavy atom. The molecule has 5 heteroatoms. The molecule has 20 heavy (non-hydrogen) atoms. The van der Waals surface area contributed by atoms with Crippen LogP contribution < -0.4 is 10.6 Å². The SMILES string of the molecule is CN1CCC(CN(C)c2cccc(Cl)c2C(=N)N)CC1. The van der Waals surface area contributed by atoms with E-state index in [1.807, 2.05) is 12.1 Å². The molecule has 1 aromatic carbocycles. The van der Waals surface area contributed by atoms with Crippen LogP contribution in [0.15, 0.2) is 18.2 Å². The summed E-state index contributed by atoms with van der Waals surface area (Å²) in [5, 5.41) is 8.26. The van der Waals surface area contributed by atoms with Crippen LogP contribution in [0.3, 0.4) is 0 Å². The summed E-state index contributed by atoms with van der Waals surface area (Å²) in [5.74, 6) is 0.718. The van der Waals surface area contributed by atoms with Crippen molar-refractivity contribution in [3.8, 4) is 0 Å². The Bertz CT molecular complexity index is 481. The number of nitrogen functional groups attached to an aromatic ring is 1. The number of likely N-dealkylation sites (tertiary alicyclic amines) is 1. The lowest BCUT2D eigenvalue weighted by Gasteiger charge is -2.33. The Labute approximate surface area is 126 Å². The molecule has 4 nitrogen and oxygen atoms in total. The molecule has 0 aromatic heterocycles. The molecule has 0 bridgehead atoms. The van der Waals surface area contributed by atoms with Gasteiger partial charge in [0, 0.05) is 19.3 Å². The normalized spacial score (nSPS) is 17.1. The molecule has 0 saturated carbocycles. The van der Waals surface area contributed by atoms with Crippen LogP contribution in [0.5, 0.6) is 0 Å². The van der Waals surface area contributed by atoms with Crippen LogP contribution in [-0.2, 0) is 0 Å². The highest BCUT2D eigenvalue weighted by atomic mass is 35.5. The molecule has 0 spiro atoms. The first-order chi connectivity index (χ1) is 9.49. The van der Waals surface area contributed by atoms with Crippen molar-refractivity contribution in [1.29, 1.82) is 5.41 Å². The van der Waals surface area contributed by atoms with Crippen LogP contribution in [0.4, 0.5) is 5.69 Å². The molecule has 110 valence electrons. The molecule has 0 amide bonds. The second-order valence-corrected chi connectivity index (χ2v) is 6.08. The van der Waals surface area contributed by atoms with Crippen LogP contribution in [0.1, 0.15) is 18.4 Å². The standard InChI is InChI=1S/C15H23ClN4/c1-19-8-6-11(7-9-19)10-20(2)13-5-3-4-12(16)14(13)15(17)18/h3-5,11H,6-10H2,1-2H3,(H3,17,18). The van der Waals surface area contributed by atoms with Gasteiger partial charge in [-0.15, -0.1) is 0 Å². The smallest absolute Gasteiger partial charge is 0.126 e. The number of piperidine rings is 1. The van der Waals surface area contributed by atoms with Crippen molar-refractivity contribution < 1.29 is 0 Å². The molecule has 0 unspecified atom stereocenters. The fourth-order valence-corrected chi connectivity index (χ4v) is 3.10. The zero-order valence-corrected chi connectivity index (χ0v) is 13.0. The number of nitrogens with zero attached hydrogens (tertiary/aromatic N) is 2. The summed E-state index contributed by atoms with van der Waals surface area (Å²) in [6.07, 6.45) is 2.44. The van der Waals surface area contributed by atoms with E-state index >= 15 is 0 Å². The Hall–Kier alpha value is -1.26. The van der Waals surface area contributed by atoms with E-state index in [1.54, 1.807) is 6.07 Å². The maximum atomic E-state index is 7.72. The molecular formula is C15H23ClN4. The van der Waals surface area contributed by atoms with Crippen molar-refractivity contribution in [3.63, 3.8) is 0 Å². The summed E-state index contributed by atoms with van der Waals surface area (Å²) in [7, 11) is 4.22. The predicted molar refractivity (Wildman–Crippen MR) is 86.0 cm³/mol. The zero-order valence-electron chi connectivity index (χ0n) is 12.2. The maximum Gasteiger partial charge on any atom is 0.126 e. The van der Waals surface area contributed by atoms with E-state index in [0.29, 0.717) is 16.5 Å². The number of halogens is 1. The second kappa shape index (κ2) is 6.46. The Kier molecular flexibility index (Phi) is 4.89. The molecule has 1 aliphatic heterocycles. The lowest BCUT2D eigenvalue weighted by molar-refractivity contribution is 0.222. The van der Waals surface area contributed by atoms with Crippen molar-refractivity contribution in [3.05, 3.63) is 28.8 Å². The lowest BCUT2D eigenvalue weighted by Crippen LogP contribution is -2.36. The summed E-state index contributed by atoms with van der Waals surface area (Å²) in [4.78, 5) is 4.55. The number of nitrogens with two attached hydrogens (primary N) is 1. The first kappa shape index (κ1) is 15.1. The topological polar surface area (TPSA) is 56.4 Å². The van der Waals surface area contributed by atoms with Crippen molar-refractivity contribution in [2.45, 2.75) is 12.8 Å². The molecule has 0 aliphatic carbocycles. The second-order valence-electron chi connectivity index (χ2n) is 5.67. The Morgan fingerprint density at radius 1 is 1.45 bits per heavy atom. The number of rotatable bonds is 4. The fraction of sp³-hybridized carbons (Fsp3) is 0.533. The molecule has 1 saturated heterocycles. The highest BCUT2D eigenvalue weighted by Gasteiger charge is 2.20. The number of hydrogen-bond acceptors (Lipinski definition) is 3. The average molecular weight is 295 g/mol. The largest absolute Gasteiger partial charge is 0.384 e. The lowest BCUT2D eigenvalue weighted by atomic mass is 9.96. The minimum absolute atomic E-state index is 0.0285. The van der Waals surface area contributed by atoms with Gasteiger partial charge in [-0.3, -0.25) is 5.41 Å². The Morgan fingerprint density at radius 2 is 2.10 bits per heavy atom. The molecule has 1 aliphatic rings. The molecule has 1 aromatic rings. The average Bonchev–Trinajstić information content (AvgIpc) is 2.40. The molecule has 0 radical (unpaired) electrons. The van der Waals surface area contributed by atoms with Gasteiger partial charge in [0.25, 0.3) is 0 Å². The van der Waals surface area contributed by atoms with E-state index in [9.17, 15) is 0 Å². The fourth-order valence-electron chi connectivity index (χ4n) is 2.83. The van der Waals surface area contributed by atoms with Gasteiger partial charge in [0.1, 0.15) is 5.84 Å². The van der Waals surface area contributed by atoms with E-state index < -0.39 is 0 Å². The number of benzene rings is 1. The number of anilines is 1. The molecule has 1 heterocycles. The van der Waals surface area contributed by atoms with Crippen molar-refractivity contribution >= 4 is 23.1 Å². The molecule has 1 fully saturated rings. The van der Waals surface area contributed by atoms with Crippen LogP contribution in [0.25, 0.3) is 0 Å². The number of hydrogen-bond donors (Lipinski definition) is 2. The van der Waals surface area contributed by atoms with Gasteiger partial charge in [0.05, 0.1) is 10.6 Å². The van der Waals surface area contributed by atoms with Gasteiger partial charge in [0.15, 0.2) is 0 Å². The van der Waals surface area contributed by atoms with Crippen molar-refractivity contribution in [1.82, 2.24) is 4.90 Å². The minimum Gasteiger partial charge on any atom is -0.384 e. The Balaban J connectivity index is 2.11. The third kappa shape index (κ3) is 3.44. The molecule has 3 N–H and O–H groups in total. The molecule has 2 rings (SSSR count). The van der Waals surface area contributed by atoms with Crippen LogP contribution in [-0.4, -0.2) is 44.5 Å². The predicted octanol–water partition coefficient (Wildman–Crippen LogP) is 2.40. The first-order valence-electron chi connectivity index (χ1n) is 7.01. The van der Waals surface area contributed by atoms with Gasteiger partial charge in [-0.2, -0.15) is 0 Å². The van der Waals surface area contributed by atoms with Gasteiger partial charge in [-0.05, 0) is 51.0 Å². The molecular weight excluding hydrogens is 272 g/mol. The summed E-state index contributed by atoms with van der Waals surface area (Å²) in [5.41, 5.74) is 7.26. The van der Waals surface area contributed by atoms with E-state index in [4.69, 9.17) is 22.7 Å². The van der Waals surface area contributed by atoms with Gasteiger partial charge in [-0.1, -0.05) is 17.7 Å². The van der Waals surface area contributed by atoms with Crippen molar-refractivity contribution in [2.24, 2.45) is 11.7 Å². The van der Waals surface area contributed by atoms with E-state index in [0.717, 1.165) is 25.3 Å². The van der Waals surface area contributed by atoms with E-state index in [1.165, 1.54) is 12.8 Å². The van der Waals surface area contributed by atoms with Gasteiger partial charge in [-0.25, -0.2) is 0 Å². The highest BCUT2D eigenvalue weighted by molar-refractivity contribution is 6.34. The van der Waals surface area contributed by atoms with Crippen molar-refractivity contribution in [2.75, 3.05) is 38.6 Å². The summed E-state index contributed by atoms with van der Waals surface area (Å²) >= 11 is 6.18. The summed E-state index contributed by atoms with van der Waals surface area (Å²) < 4.78 is 0. The van der Waals surface area contributed by atoms with E-state index in [2.05, 4.69) is 23.9 Å². The number of nitrogens with one attached hydrogen (secondary N) is 1. The molecule has 0 atom stereocenters. The minimum atomic E-state index is 0.0285. The first-order valence-corrected chi connectivity index (χ1v) is 7.39. The van der Waals surface area contributed by atoms with Crippen LogP contribution >= 0.6 is 11.6 Å².